The summed E-state index contributed by atoms with van der Waals surface area (Å²) in [6, 6.07) is 8.59. The number of pyridine rings is 1. The molecule has 1 aromatic heterocycles. The maximum Gasteiger partial charge on any atom is 0.195 e. The summed E-state index contributed by atoms with van der Waals surface area (Å²) in [5.74, 6) is -0.0695. The molecule has 2 rings (SSSR count). The van der Waals surface area contributed by atoms with Crippen molar-refractivity contribution in [1.82, 2.24) is 4.98 Å². The van der Waals surface area contributed by atoms with Crippen LogP contribution in [-0.2, 0) is 0 Å². The van der Waals surface area contributed by atoms with Crippen LogP contribution in [0.5, 0.6) is 0 Å². The van der Waals surface area contributed by atoms with Crippen molar-refractivity contribution in [3.63, 3.8) is 0 Å². The van der Waals surface area contributed by atoms with Gasteiger partial charge in [0.2, 0.25) is 0 Å². The second kappa shape index (κ2) is 4.45. The van der Waals surface area contributed by atoms with Gasteiger partial charge in [-0.3, -0.25) is 9.78 Å². The van der Waals surface area contributed by atoms with E-state index in [-0.39, 0.29) is 5.78 Å². The van der Waals surface area contributed by atoms with Crippen LogP contribution in [-0.4, -0.2) is 10.8 Å². The Hall–Kier alpha value is -1.68. The number of halogens is 1. The van der Waals surface area contributed by atoms with Crippen LogP contribution < -0.4 is 5.73 Å². The summed E-state index contributed by atoms with van der Waals surface area (Å²) in [6.07, 6.45) is 3.18. The van der Waals surface area contributed by atoms with Gasteiger partial charge >= 0.3 is 0 Å². The maximum atomic E-state index is 12.1. The van der Waals surface area contributed by atoms with E-state index in [1.54, 1.807) is 42.7 Å². The van der Waals surface area contributed by atoms with Crippen LogP contribution in [0.15, 0.2) is 47.2 Å². The molecule has 1 aromatic carbocycles. The van der Waals surface area contributed by atoms with Gasteiger partial charge in [-0.1, -0.05) is 0 Å². The van der Waals surface area contributed by atoms with Gasteiger partial charge < -0.3 is 5.73 Å². The van der Waals surface area contributed by atoms with E-state index in [9.17, 15) is 4.79 Å². The van der Waals surface area contributed by atoms with Crippen LogP contribution in [0.2, 0.25) is 0 Å². The van der Waals surface area contributed by atoms with E-state index < -0.39 is 0 Å². The normalized spacial score (nSPS) is 10.1. The molecule has 2 N–H and O–H groups in total. The number of nitrogens with two attached hydrogens (primary N) is 1. The lowest BCUT2D eigenvalue weighted by atomic mass is 10.1. The van der Waals surface area contributed by atoms with Crippen LogP contribution in [0.1, 0.15) is 15.9 Å². The number of nitrogen functional groups attached to an aromatic ring is 1. The third kappa shape index (κ3) is 2.12. The average Bonchev–Trinajstić information content (AvgIpc) is 2.29. The fourth-order valence-corrected chi connectivity index (χ4v) is 1.94. The lowest BCUT2D eigenvalue weighted by Crippen LogP contribution is -2.03. The van der Waals surface area contributed by atoms with Gasteiger partial charge in [0, 0.05) is 33.7 Å². The SMILES string of the molecule is Nc1ccc(C(=O)c2cccnc2)c(Br)c1. The second-order valence-corrected chi connectivity index (χ2v) is 4.16. The molecule has 0 aliphatic rings. The third-order valence-corrected chi connectivity index (χ3v) is 2.82. The van der Waals surface area contributed by atoms with Crippen molar-refractivity contribution < 1.29 is 4.79 Å². The summed E-state index contributed by atoms with van der Waals surface area (Å²) in [6.45, 7) is 0. The Morgan fingerprint density at radius 2 is 2.12 bits per heavy atom. The number of nitrogens with zero attached hydrogens (tertiary/aromatic N) is 1. The van der Waals surface area contributed by atoms with Gasteiger partial charge in [-0.15, -0.1) is 0 Å². The lowest BCUT2D eigenvalue weighted by molar-refractivity contribution is 0.103. The highest BCUT2D eigenvalue weighted by Gasteiger charge is 2.12. The molecule has 0 saturated heterocycles. The quantitative estimate of drug-likeness (QED) is 0.678. The molecule has 0 spiro atoms. The van der Waals surface area contributed by atoms with Gasteiger partial charge in [-0.05, 0) is 46.3 Å². The number of hydrogen-bond acceptors (Lipinski definition) is 3. The van der Waals surface area contributed by atoms with Crippen molar-refractivity contribution in [1.29, 1.82) is 0 Å². The number of rotatable bonds is 2. The Morgan fingerprint density at radius 1 is 1.31 bits per heavy atom. The van der Waals surface area contributed by atoms with Gasteiger partial charge in [0.25, 0.3) is 0 Å². The van der Waals surface area contributed by atoms with Crippen LogP contribution in [0.4, 0.5) is 5.69 Å². The lowest BCUT2D eigenvalue weighted by Gasteiger charge is -2.04. The molecule has 0 radical (unpaired) electrons. The summed E-state index contributed by atoms with van der Waals surface area (Å²) >= 11 is 3.32. The highest BCUT2D eigenvalue weighted by atomic mass is 79.9. The molecule has 0 bridgehead atoms. The molecule has 1 heterocycles. The van der Waals surface area contributed by atoms with Gasteiger partial charge in [-0.2, -0.15) is 0 Å². The third-order valence-electron chi connectivity index (χ3n) is 2.16. The molecule has 0 atom stereocenters. The van der Waals surface area contributed by atoms with E-state index in [0.717, 1.165) is 0 Å². The Kier molecular flexibility index (Phi) is 3.01. The molecule has 0 fully saturated rings. The molecule has 2 aromatic rings. The molecular weight excluding hydrogens is 268 g/mol. The average molecular weight is 277 g/mol. The molecule has 0 aliphatic heterocycles. The van der Waals surface area contributed by atoms with E-state index in [0.29, 0.717) is 21.3 Å². The van der Waals surface area contributed by atoms with Crippen LogP contribution in [0, 0.1) is 0 Å². The van der Waals surface area contributed by atoms with Gasteiger partial charge in [-0.25, -0.2) is 0 Å². The minimum Gasteiger partial charge on any atom is -0.399 e. The molecule has 0 unspecified atom stereocenters. The number of benzene rings is 1. The van der Waals surface area contributed by atoms with Crippen molar-refractivity contribution in [2.45, 2.75) is 0 Å². The second-order valence-electron chi connectivity index (χ2n) is 3.31. The molecule has 3 nitrogen and oxygen atoms in total. The van der Waals surface area contributed by atoms with Gasteiger partial charge in [0.1, 0.15) is 0 Å². The molecule has 0 amide bonds. The Morgan fingerprint density at radius 3 is 2.75 bits per heavy atom. The minimum atomic E-state index is -0.0695. The predicted octanol–water partition coefficient (Wildman–Crippen LogP) is 2.66. The fraction of sp³-hybridized carbons (Fsp3) is 0. The highest BCUT2D eigenvalue weighted by molar-refractivity contribution is 9.10. The zero-order valence-electron chi connectivity index (χ0n) is 8.35. The van der Waals surface area contributed by atoms with E-state index >= 15 is 0 Å². The fourth-order valence-electron chi connectivity index (χ4n) is 1.37. The van der Waals surface area contributed by atoms with Gasteiger partial charge in [0.05, 0.1) is 0 Å². The molecular formula is C12H9BrN2O. The monoisotopic (exact) mass is 276 g/mol. The summed E-state index contributed by atoms with van der Waals surface area (Å²) in [4.78, 5) is 16.0. The first-order valence-corrected chi connectivity index (χ1v) is 5.47. The first-order chi connectivity index (χ1) is 7.68. The molecule has 80 valence electrons. The Balaban J connectivity index is 2.42. The molecule has 0 aliphatic carbocycles. The number of anilines is 1. The zero-order valence-corrected chi connectivity index (χ0v) is 9.94. The smallest absolute Gasteiger partial charge is 0.195 e. The molecule has 0 saturated carbocycles. The van der Waals surface area contributed by atoms with Crippen LogP contribution in [0.25, 0.3) is 0 Å². The Labute approximate surface area is 101 Å². The maximum absolute atomic E-state index is 12.1. The van der Waals surface area contributed by atoms with E-state index in [1.165, 1.54) is 0 Å². The molecule has 4 heteroatoms. The standard InChI is InChI=1S/C12H9BrN2O/c13-11-6-9(14)3-4-10(11)12(16)8-2-1-5-15-7-8/h1-7H,14H2. The number of carbonyl (C=O) groups excluding carboxylic acids is 1. The minimum absolute atomic E-state index is 0.0695. The summed E-state index contributed by atoms with van der Waals surface area (Å²) < 4.78 is 0.696. The summed E-state index contributed by atoms with van der Waals surface area (Å²) in [7, 11) is 0. The van der Waals surface area contributed by atoms with Crippen molar-refractivity contribution in [3.8, 4) is 0 Å². The van der Waals surface area contributed by atoms with E-state index in [4.69, 9.17) is 5.73 Å². The van der Waals surface area contributed by atoms with E-state index in [2.05, 4.69) is 20.9 Å². The first-order valence-electron chi connectivity index (χ1n) is 4.68. The number of hydrogen-bond donors (Lipinski definition) is 1. The Bertz CT molecular complexity index is 526. The van der Waals surface area contributed by atoms with Crippen molar-refractivity contribution in [2.75, 3.05) is 5.73 Å². The van der Waals surface area contributed by atoms with E-state index in [1.807, 2.05) is 0 Å². The molecule has 16 heavy (non-hydrogen) atoms. The number of carbonyl (C=O) groups is 1. The predicted molar refractivity (Wildman–Crippen MR) is 66.2 cm³/mol. The zero-order chi connectivity index (χ0) is 11.5. The summed E-state index contributed by atoms with van der Waals surface area (Å²) in [5.41, 5.74) is 7.38. The van der Waals surface area contributed by atoms with Crippen LogP contribution in [0.3, 0.4) is 0 Å². The van der Waals surface area contributed by atoms with Crippen LogP contribution >= 0.6 is 15.9 Å². The van der Waals surface area contributed by atoms with Crippen molar-refractivity contribution in [2.24, 2.45) is 0 Å². The highest BCUT2D eigenvalue weighted by Crippen LogP contribution is 2.22. The number of ketones is 1. The van der Waals surface area contributed by atoms with Gasteiger partial charge in [0.15, 0.2) is 5.78 Å². The number of aromatic nitrogens is 1. The van der Waals surface area contributed by atoms with Crippen molar-refractivity contribution in [3.05, 3.63) is 58.3 Å². The first kappa shape index (κ1) is 10.8. The largest absolute Gasteiger partial charge is 0.399 e. The van der Waals surface area contributed by atoms with Crippen molar-refractivity contribution >= 4 is 27.4 Å². The topological polar surface area (TPSA) is 56.0 Å². The summed E-state index contributed by atoms with van der Waals surface area (Å²) in [5, 5.41) is 0.